The summed E-state index contributed by atoms with van der Waals surface area (Å²) in [5.41, 5.74) is 6.82. The number of hydrogen-bond donors (Lipinski definition) is 2. The van der Waals surface area contributed by atoms with Gasteiger partial charge in [-0.2, -0.15) is 0 Å². The molecule has 0 aromatic heterocycles. The summed E-state index contributed by atoms with van der Waals surface area (Å²) in [7, 11) is -1.41. The summed E-state index contributed by atoms with van der Waals surface area (Å²) in [4.78, 5) is 12.6. The summed E-state index contributed by atoms with van der Waals surface area (Å²) in [5, 5.41) is 2.71. The maximum absolute atomic E-state index is 12.2. The third-order valence-electron chi connectivity index (χ3n) is 2.61. The van der Waals surface area contributed by atoms with Gasteiger partial charge < -0.3 is 11.1 Å². The minimum absolute atomic E-state index is 0.112. The minimum Gasteiger partial charge on any atom is -0.399 e. The highest BCUT2D eigenvalue weighted by Gasteiger charge is 2.13. The van der Waals surface area contributed by atoms with Crippen LogP contribution in [0.25, 0.3) is 0 Å². The van der Waals surface area contributed by atoms with Gasteiger partial charge in [-0.15, -0.1) is 0 Å². The second-order valence-electron chi connectivity index (χ2n) is 4.21. The van der Waals surface area contributed by atoms with Crippen LogP contribution in [0.3, 0.4) is 0 Å². The lowest BCUT2D eigenvalue weighted by Gasteiger charge is -2.08. The van der Waals surface area contributed by atoms with E-state index >= 15 is 0 Å². The second-order valence-corrected chi connectivity index (χ2v) is 7.34. The standard InChI is InChI=1S/C14H12Br2N2O2S/c15-10-3-1-2-4-13(10)21(20)8-14(19)18-12-6-5-9(17)7-11(12)16/h1-7H,8,17H2,(H,18,19). The van der Waals surface area contributed by atoms with Crippen LogP contribution in [-0.4, -0.2) is 15.9 Å². The number of anilines is 2. The highest BCUT2D eigenvalue weighted by Crippen LogP contribution is 2.25. The first kappa shape index (κ1) is 16.2. The maximum atomic E-state index is 12.2. The number of halogens is 2. The monoisotopic (exact) mass is 430 g/mol. The van der Waals surface area contributed by atoms with E-state index in [1.807, 2.05) is 6.07 Å². The largest absolute Gasteiger partial charge is 0.399 e. The fourth-order valence-electron chi connectivity index (χ4n) is 1.65. The number of amides is 1. The van der Waals surface area contributed by atoms with E-state index in [-0.39, 0.29) is 11.7 Å². The van der Waals surface area contributed by atoms with Gasteiger partial charge in [0.1, 0.15) is 5.75 Å². The summed E-state index contributed by atoms with van der Waals surface area (Å²) in [6.45, 7) is 0. The molecule has 3 N–H and O–H groups in total. The molecule has 0 radical (unpaired) electrons. The number of benzene rings is 2. The van der Waals surface area contributed by atoms with Gasteiger partial charge in [-0.1, -0.05) is 12.1 Å². The molecule has 0 heterocycles. The van der Waals surface area contributed by atoms with Crippen molar-refractivity contribution in [3.05, 3.63) is 51.4 Å². The topological polar surface area (TPSA) is 72.2 Å². The fraction of sp³-hybridized carbons (Fsp3) is 0.0714. The highest BCUT2D eigenvalue weighted by atomic mass is 79.9. The first-order valence-electron chi connectivity index (χ1n) is 5.95. The Morgan fingerprint density at radius 2 is 1.86 bits per heavy atom. The van der Waals surface area contributed by atoms with Crippen molar-refractivity contribution in [2.45, 2.75) is 4.90 Å². The molecule has 0 fully saturated rings. The molecule has 2 aromatic carbocycles. The van der Waals surface area contributed by atoms with Gasteiger partial charge in [0.2, 0.25) is 5.91 Å². The summed E-state index contributed by atoms with van der Waals surface area (Å²) in [5.74, 6) is -0.436. The zero-order valence-corrected chi connectivity index (χ0v) is 14.8. The van der Waals surface area contributed by atoms with Crippen molar-refractivity contribution in [3.8, 4) is 0 Å². The van der Waals surface area contributed by atoms with Crippen LogP contribution in [0.4, 0.5) is 11.4 Å². The number of nitrogens with one attached hydrogen (secondary N) is 1. The van der Waals surface area contributed by atoms with Gasteiger partial charge in [0.25, 0.3) is 0 Å². The van der Waals surface area contributed by atoms with Crippen LogP contribution in [0.1, 0.15) is 0 Å². The number of carbonyl (C=O) groups is 1. The maximum Gasteiger partial charge on any atom is 0.237 e. The van der Waals surface area contributed by atoms with Crippen molar-refractivity contribution in [3.63, 3.8) is 0 Å². The third kappa shape index (κ3) is 4.39. The van der Waals surface area contributed by atoms with Crippen LogP contribution in [0, 0.1) is 0 Å². The number of nitrogens with two attached hydrogens (primary N) is 1. The number of hydrogen-bond acceptors (Lipinski definition) is 3. The molecule has 4 nitrogen and oxygen atoms in total. The van der Waals surface area contributed by atoms with Crippen molar-refractivity contribution in [1.82, 2.24) is 0 Å². The van der Waals surface area contributed by atoms with Crippen molar-refractivity contribution >= 4 is 59.9 Å². The summed E-state index contributed by atoms with van der Waals surface area (Å²) in [6.07, 6.45) is 0. The van der Waals surface area contributed by atoms with Crippen LogP contribution >= 0.6 is 31.9 Å². The molecule has 0 aliphatic carbocycles. The Morgan fingerprint density at radius 3 is 2.52 bits per heavy atom. The smallest absolute Gasteiger partial charge is 0.237 e. The second kappa shape index (κ2) is 7.20. The average molecular weight is 432 g/mol. The van der Waals surface area contributed by atoms with Gasteiger partial charge in [-0.3, -0.25) is 9.00 Å². The Balaban J connectivity index is 2.05. The number of nitrogen functional groups attached to an aromatic ring is 1. The van der Waals surface area contributed by atoms with E-state index in [1.165, 1.54) is 0 Å². The molecule has 110 valence electrons. The molecule has 0 aliphatic rings. The lowest BCUT2D eigenvalue weighted by Crippen LogP contribution is -2.20. The summed E-state index contributed by atoms with van der Waals surface area (Å²) in [6, 6.07) is 12.2. The first-order chi connectivity index (χ1) is 9.97. The molecule has 2 rings (SSSR count). The van der Waals surface area contributed by atoms with Gasteiger partial charge in [-0.25, -0.2) is 0 Å². The Bertz CT molecular complexity index is 707. The molecular weight excluding hydrogens is 420 g/mol. The molecule has 0 aliphatic heterocycles. The highest BCUT2D eigenvalue weighted by molar-refractivity contribution is 9.10. The fourth-order valence-corrected chi connectivity index (χ4v) is 3.95. The van der Waals surface area contributed by atoms with E-state index in [2.05, 4.69) is 37.2 Å². The molecule has 1 amide bonds. The predicted octanol–water partition coefficient (Wildman–Crippen LogP) is 3.54. The Labute approximate surface area is 141 Å². The Kier molecular flexibility index (Phi) is 5.55. The van der Waals surface area contributed by atoms with Crippen LogP contribution < -0.4 is 11.1 Å². The van der Waals surface area contributed by atoms with Crippen LogP contribution in [0.5, 0.6) is 0 Å². The zero-order valence-electron chi connectivity index (χ0n) is 10.8. The van der Waals surface area contributed by atoms with Gasteiger partial charge in [0.05, 0.1) is 21.4 Å². The van der Waals surface area contributed by atoms with E-state index < -0.39 is 10.8 Å². The summed E-state index contributed by atoms with van der Waals surface area (Å²) < 4.78 is 13.6. The Hall–Kier alpha value is -1.18. The predicted molar refractivity (Wildman–Crippen MR) is 92.6 cm³/mol. The molecule has 2 aromatic rings. The molecule has 1 atom stereocenters. The molecule has 0 bridgehead atoms. The zero-order chi connectivity index (χ0) is 15.4. The number of carbonyl (C=O) groups excluding carboxylic acids is 1. The SMILES string of the molecule is Nc1ccc(NC(=O)CS(=O)c2ccccc2Br)c(Br)c1. The van der Waals surface area contributed by atoms with E-state index in [0.717, 1.165) is 4.47 Å². The normalized spacial score (nSPS) is 11.9. The molecule has 1 unspecified atom stereocenters. The average Bonchev–Trinajstić information content (AvgIpc) is 2.42. The quantitative estimate of drug-likeness (QED) is 0.727. The molecule has 21 heavy (non-hydrogen) atoms. The van der Waals surface area contributed by atoms with Crippen LogP contribution in [-0.2, 0) is 15.6 Å². The van der Waals surface area contributed by atoms with Gasteiger partial charge in [0.15, 0.2) is 0 Å². The molecule has 0 saturated heterocycles. The number of rotatable bonds is 4. The molecular formula is C14H12Br2N2O2S. The lowest BCUT2D eigenvalue weighted by atomic mass is 10.3. The van der Waals surface area contributed by atoms with E-state index in [4.69, 9.17) is 5.73 Å². The van der Waals surface area contributed by atoms with Crippen molar-refractivity contribution in [2.75, 3.05) is 16.8 Å². The van der Waals surface area contributed by atoms with Crippen LogP contribution in [0.2, 0.25) is 0 Å². The lowest BCUT2D eigenvalue weighted by molar-refractivity contribution is -0.113. The van der Waals surface area contributed by atoms with E-state index in [0.29, 0.717) is 20.7 Å². The Morgan fingerprint density at radius 1 is 1.14 bits per heavy atom. The van der Waals surface area contributed by atoms with Gasteiger partial charge in [-0.05, 0) is 62.2 Å². The summed E-state index contributed by atoms with van der Waals surface area (Å²) >= 11 is 6.65. The van der Waals surface area contributed by atoms with Crippen molar-refractivity contribution in [2.24, 2.45) is 0 Å². The molecule has 7 heteroatoms. The van der Waals surface area contributed by atoms with E-state index in [9.17, 15) is 9.00 Å². The van der Waals surface area contributed by atoms with E-state index in [1.54, 1.807) is 36.4 Å². The molecule has 0 saturated carbocycles. The minimum atomic E-state index is -1.41. The van der Waals surface area contributed by atoms with Crippen molar-refractivity contribution < 1.29 is 9.00 Å². The van der Waals surface area contributed by atoms with Gasteiger partial charge >= 0.3 is 0 Å². The first-order valence-corrected chi connectivity index (χ1v) is 8.85. The van der Waals surface area contributed by atoms with Gasteiger partial charge in [0, 0.05) is 14.6 Å². The third-order valence-corrected chi connectivity index (χ3v) is 5.59. The van der Waals surface area contributed by atoms with Crippen LogP contribution in [0.15, 0.2) is 56.3 Å². The molecule has 0 spiro atoms. The van der Waals surface area contributed by atoms with Crippen molar-refractivity contribution in [1.29, 1.82) is 0 Å².